The number of hydrogen-bond donors (Lipinski definition) is 0. The SMILES string of the molecule is [SH-].[S]=[Fe+].[S]=[Fe]. The molecule has 0 unspecified atom stereocenters. The molecule has 0 atom stereocenters. The van der Waals surface area contributed by atoms with Crippen LogP contribution in [0.3, 0.4) is 0 Å². The zero-order chi connectivity index (χ0) is 4.00. The van der Waals surface area contributed by atoms with Gasteiger partial charge in [0.2, 0.25) is 0 Å². The molecule has 0 amide bonds. The van der Waals surface area contributed by atoms with Crippen molar-refractivity contribution < 1.29 is 28.8 Å². The van der Waals surface area contributed by atoms with Crippen LogP contribution in [0.2, 0.25) is 0 Å². The fraction of sp³-hybridized carbons (Fsp3) is 0. The predicted octanol–water partition coefficient (Wildman–Crippen LogP) is 1.02. The van der Waals surface area contributed by atoms with Crippen molar-refractivity contribution in [1.29, 1.82) is 0 Å². The Morgan fingerprint density at radius 3 is 1.20 bits per heavy atom. The van der Waals surface area contributed by atoms with Crippen molar-refractivity contribution in [3.8, 4) is 0 Å². The second-order valence-corrected chi connectivity index (χ2v) is 0. The molecule has 5 heteroatoms. The fourth-order valence-electron chi connectivity index (χ4n) is 0. The first kappa shape index (κ1) is 15.8. The summed E-state index contributed by atoms with van der Waals surface area (Å²) in [5, 5.41) is 0. The Morgan fingerprint density at radius 2 is 1.20 bits per heavy atom. The molecule has 0 aliphatic rings. The van der Waals surface area contributed by atoms with Crippen LogP contribution in [0.15, 0.2) is 0 Å². The van der Waals surface area contributed by atoms with Gasteiger partial charge in [-0.2, -0.15) is 0 Å². The van der Waals surface area contributed by atoms with E-state index in [1.807, 2.05) is 0 Å². The zero-order valence-electron chi connectivity index (χ0n) is 1.97. The molecule has 0 aliphatic heterocycles. The van der Waals surface area contributed by atoms with Crippen molar-refractivity contribution in [3.63, 3.8) is 0 Å². The summed E-state index contributed by atoms with van der Waals surface area (Å²) in [6.07, 6.45) is 0. The Kier molecular flexibility index (Phi) is 129. The van der Waals surface area contributed by atoms with Gasteiger partial charge in [-0.05, 0) is 0 Å². The van der Waals surface area contributed by atoms with Gasteiger partial charge in [0.05, 0.1) is 0 Å². The second-order valence-electron chi connectivity index (χ2n) is 0. The first-order chi connectivity index (χ1) is 2.00. The molecule has 0 heterocycles. The predicted molar refractivity (Wildman–Crippen MR) is 23.9 cm³/mol. The van der Waals surface area contributed by atoms with Gasteiger partial charge in [-0.1, -0.05) is 0 Å². The molecule has 0 rings (SSSR count). The van der Waals surface area contributed by atoms with Crippen molar-refractivity contribution in [2.45, 2.75) is 0 Å². The molecule has 0 bridgehead atoms. The van der Waals surface area contributed by atoms with Crippen LogP contribution in [-0.4, -0.2) is 0 Å². The van der Waals surface area contributed by atoms with E-state index < -0.39 is 0 Å². The molecule has 0 saturated heterocycles. The molecular weight excluding hydrogens is 208 g/mol. The Labute approximate surface area is 62.9 Å². The third-order valence-corrected chi connectivity index (χ3v) is 0. The van der Waals surface area contributed by atoms with E-state index in [4.69, 9.17) is 0 Å². The molecule has 0 spiro atoms. The Balaban J connectivity index is -0.0000000133. The molecule has 0 N–H and O–H groups in total. The van der Waals surface area contributed by atoms with Gasteiger partial charge in [0, 0.05) is 0 Å². The van der Waals surface area contributed by atoms with E-state index in [9.17, 15) is 0 Å². The minimum atomic E-state index is 0. The van der Waals surface area contributed by atoms with E-state index in [1.165, 1.54) is 0 Å². The topological polar surface area (TPSA) is 0 Å². The third-order valence-electron chi connectivity index (χ3n) is 0. The molecule has 0 aromatic carbocycles. The Hall–Kier alpha value is 1.83. The van der Waals surface area contributed by atoms with Crippen LogP contribution in [0.25, 0.3) is 0 Å². The standard InChI is InChI=1S/2Fe.H2S.2S/h;;1H2;;/q;+1;;;/p-1. The van der Waals surface area contributed by atoms with E-state index in [-0.39, 0.29) is 13.5 Å². The molecule has 0 aromatic rings. The van der Waals surface area contributed by atoms with E-state index in [0.717, 1.165) is 0 Å². The molecule has 0 aromatic heterocycles. The van der Waals surface area contributed by atoms with Gasteiger partial charge in [-0.25, -0.2) is 0 Å². The van der Waals surface area contributed by atoms with E-state index >= 15 is 0 Å². The summed E-state index contributed by atoms with van der Waals surface area (Å²) in [6, 6.07) is 0. The van der Waals surface area contributed by atoms with Gasteiger partial charge < -0.3 is 13.5 Å². The quantitative estimate of drug-likeness (QED) is 0.332. The molecule has 0 nitrogen and oxygen atoms in total. The van der Waals surface area contributed by atoms with Crippen molar-refractivity contribution in [2.24, 2.45) is 0 Å². The molecular formula is HFe2S3. The van der Waals surface area contributed by atoms with Crippen molar-refractivity contribution in [2.75, 3.05) is 0 Å². The average molecular weight is 209 g/mol. The molecule has 0 aliphatic carbocycles. The molecule has 0 fully saturated rings. The summed E-state index contributed by atoms with van der Waals surface area (Å²) in [7, 11) is 7.67. The number of thiol groups is 1. The molecule has 0 radical (unpaired) electrons. The summed E-state index contributed by atoms with van der Waals surface area (Å²) in [4.78, 5) is 0. The Bertz CT molecular complexity index is 6.85. The minimum absolute atomic E-state index is 0. The zero-order valence-corrected chi connectivity index (χ0v) is 6.71. The van der Waals surface area contributed by atoms with Gasteiger partial charge in [-0.3, -0.25) is 0 Å². The second kappa shape index (κ2) is 40.6. The summed E-state index contributed by atoms with van der Waals surface area (Å²) >= 11 is 5.67. The summed E-state index contributed by atoms with van der Waals surface area (Å²) in [5.41, 5.74) is 0. The normalized spacial score (nSPS) is 1.80. The maximum atomic E-state index is 3.83. The monoisotopic (exact) mass is 209 g/mol. The number of rotatable bonds is 0. The maximum absolute atomic E-state index is 3.83. The molecule has 0 saturated carbocycles. The van der Waals surface area contributed by atoms with Gasteiger partial charge in [-0.15, -0.1) is 0 Å². The van der Waals surface area contributed by atoms with Crippen LogP contribution in [-0.2, 0) is 42.3 Å². The van der Waals surface area contributed by atoms with Crippen molar-refractivity contribution >= 4 is 34.6 Å². The molecule has 5 heavy (non-hydrogen) atoms. The average Bonchev–Trinajstić information content (AvgIpc) is 1.50. The van der Waals surface area contributed by atoms with E-state index in [2.05, 4.69) is 49.9 Å². The fourth-order valence-corrected chi connectivity index (χ4v) is 0. The van der Waals surface area contributed by atoms with Gasteiger partial charge >= 0.3 is 49.9 Å². The summed E-state index contributed by atoms with van der Waals surface area (Å²) in [5.74, 6) is 0. The summed E-state index contributed by atoms with van der Waals surface area (Å²) in [6.45, 7) is 0. The summed E-state index contributed by atoms with van der Waals surface area (Å²) < 4.78 is 0. The number of hydrogen-bond acceptors (Lipinski definition) is 3. The Morgan fingerprint density at radius 1 is 1.20 bits per heavy atom. The third kappa shape index (κ3) is 25.5. The van der Waals surface area contributed by atoms with E-state index in [1.54, 1.807) is 0 Å². The van der Waals surface area contributed by atoms with Crippen LogP contribution in [0.4, 0.5) is 0 Å². The van der Waals surface area contributed by atoms with Crippen LogP contribution in [0.1, 0.15) is 0 Å². The van der Waals surface area contributed by atoms with Crippen molar-refractivity contribution in [1.82, 2.24) is 0 Å². The van der Waals surface area contributed by atoms with Crippen LogP contribution in [0.5, 0.6) is 0 Å². The van der Waals surface area contributed by atoms with E-state index in [0.29, 0.717) is 0 Å². The van der Waals surface area contributed by atoms with Gasteiger partial charge in [0.25, 0.3) is 0 Å². The first-order valence-electron chi connectivity index (χ1n) is 0.289. The van der Waals surface area contributed by atoms with Crippen LogP contribution >= 0.6 is 21.1 Å². The molecule has 35 valence electrons. The first-order valence-corrected chi connectivity index (χ1v) is 3.57. The van der Waals surface area contributed by atoms with Gasteiger partial charge in [0.15, 0.2) is 0 Å². The van der Waals surface area contributed by atoms with Gasteiger partial charge in [0.1, 0.15) is 0 Å². The van der Waals surface area contributed by atoms with Crippen LogP contribution < -0.4 is 0 Å². The van der Waals surface area contributed by atoms with Crippen LogP contribution in [0, 0.1) is 0 Å². The van der Waals surface area contributed by atoms with Crippen molar-refractivity contribution in [3.05, 3.63) is 0 Å².